The molecule has 1 saturated heterocycles. The molecule has 2 unspecified atom stereocenters. The molecule has 2 aliphatic rings. The molecule has 31 heavy (non-hydrogen) atoms. The van der Waals surface area contributed by atoms with Crippen LogP contribution in [0, 0.1) is 23.2 Å². The van der Waals surface area contributed by atoms with Crippen LogP contribution in [0.25, 0.3) is 0 Å². The third kappa shape index (κ3) is 4.03. The third-order valence-electron chi connectivity index (χ3n) is 7.44. The highest BCUT2D eigenvalue weighted by Gasteiger charge is 2.54. The second-order valence-corrected chi connectivity index (χ2v) is 9.12. The summed E-state index contributed by atoms with van der Waals surface area (Å²) < 4.78 is 17.2. The van der Waals surface area contributed by atoms with Gasteiger partial charge in [-0.2, -0.15) is 0 Å². The van der Waals surface area contributed by atoms with E-state index in [0.29, 0.717) is 18.1 Å². The van der Waals surface area contributed by atoms with E-state index in [1.54, 1.807) is 14.2 Å². The van der Waals surface area contributed by atoms with Crippen LogP contribution in [-0.2, 0) is 16.0 Å². The number of benzene rings is 2. The number of carboxylic acids is 1. The van der Waals surface area contributed by atoms with Crippen molar-refractivity contribution in [2.75, 3.05) is 20.8 Å². The highest BCUT2D eigenvalue weighted by molar-refractivity contribution is 5.75. The summed E-state index contributed by atoms with van der Waals surface area (Å²) in [5, 5.41) is 10.1. The van der Waals surface area contributed by atoms with Crippen LogP contribution in [0.5, 0.6) is 11.5 Å². The van der Waals surface area contributed by atoms with Crippen LogP contribution < -0.4 is 9.47 Å². The van der Waals surface area contributed by atoms with Gasteiger partial charge >= 0.3 is 5.97 Å². The fraction of sp³-hybridized carbons (Fsp3) is 0.500. The Morgan fingerprint density at radius 2 is 1.87 bits per heavy atom. The normalized spacial score (nSPS) is 30.3. The standard InChI is InChI=1S/C26H32O5/c1-26(25(27)28)13-7-10-20(26)23-19(16-31-24(23)18-8-5-4-6-9-18)14-17-11-12-21(29-2)22(15-17)30-3/h4-6,8-9,11-12,15,19-20,23-24H,7,10,13-14,16H2,1-3H3,(H,27,28)/t19-,20?,23-,24+,26?/m0/s1. The molecule has 1 aliphatic carbocycles. The van der Waals surface area contributed by atoms with E-state index >= 15 is 0 Å². The third-order valence-corrected chi connectivity index (χ3v) is 7.44. The zero-order chi connectivity index (χ0) is 22.0. The molecule has 0 amide bonds. The summed E-state index contributed by atoms with van der Waals surface area (Å²) in [6.07, 6.45) is 3.36. The van der Waals surface area contributed by atoms with E-state index in [4.69, 9.17) is 14.2 Å². The molecule has 1 N–H and O–H groups in total. The first kappa shape index (κ1) is 21.7. The second kappa shape index (κ2) is 8.91. The van der Waals surface area contributed by atoms with Gasteiger partial charge in [-0.05, 0) is 67.2 Å². The minimum atomic E-state index is -0.707. The first-order valence-corrected chi connectivity index (χ1v) is 11.1. The molecule has 4 rings (SSSR count). The summed E-state index contributed by atoms with van der Waals surface area (Å²) in [4.78, 5) is 12.3. The molecule has 2 fully saturated rings. The number of hydrogen-bond donors (Lipinski definition) is 1. The Hall–Kier alpha value is -2.53. The van der Waals surface area contributed by atoms with E-state index in [0.717, 1.165) is 36.8 Å². The van der Waals surface area contributed by atoms with Crippen molar-refractivity contribution in [1.82, 2.24) is 0 Å². The van der Waals surface area contributed by atoms with Gasteiger partial charge in [0.05, 0.1) is 32.3 Å². The molecule has 0 bridgehead atoms. The lowest BCUT2D eigenvalue weighted by molar-refractivity contribution is -0.152. The minimum Gasteiger partial charge on any atom is -0.493 e. The number of carboxylic acid groups (broad SMARTS) is 1. The lowest BCUT2D eigenvalue weighted by Crippen LogP contribution is -2.39. The first-order valence-electron chi connectivity index (χ1n) is 11.1. The Bertz CT molecular complexity index is 911. The predicted octanol–water partition coefficient (Wildman–Crippen LogP) is 5.14. The van der Waals surface area contributed by atoms with Gasteiger partial charge in [-0.15, -0.1) is 0 Å². The second-order valence-electron chi connectivity index (χ2n) is 9.12. The number of carbonyl (C=O) groups is 1. The van der Waals surface area contributed by atoms with Gasteiger partial charge < -0.3 is 19.3 Å². The van der Waals surface area contributed by atoms with E-state index in [1.807, 2.05) is 37.3 Å². The number of aliphatic carboxylic acids is 1. The molecule has 0 radical (unpaired) electrons. The molecule has 1 heterocycles. The van der Waals surface area contributed by atoms with Gasteiger partial charge in [-0.25, -0.2) is 0 Å². The van der Waals surface area contributed by atoms with Gasteiger partial charge in [0.25, 0.3) is 0 Å². The predicted molar refractivity (Wildman–Crippen MR) is 118 cm³/mol. The van der Waals surface area contributed by atoms with Crippen LogP contribution >= 0.6 is 0 Å². The Kier molecular flexibility index (Phi) is 6.24. The highest BCUT2D eigenvalue weighted by Crippen LogP contribution is 2.56. The summed E-state index contributed by atoms with van der Waals surface area (Å²) in [5.41, 5.74) is 1.59. The molecule has 0 spiro atoms. The van der Waals surface area contributed by atoms with Crippen molar-refractivity contribution in [2.24, 2.45) is 23.2 Å². The van der Waals surface area contributed by atoms with Gasteiger partial charge in [0, 0.05) is 0 Å². The number of rotatable bonds is 7. The van der Waals surface area contributed by atoms with Crippen LogP contribution in [-0.4, -0.2) is 31.9 Å². The maximum Gasteiger partial charge on any atom is 0.309 e. The zero-order valence-corrected chi connectivity index (χ0v) is 18.5. The summed E-state index contributed by atoms with van der Waals surface area (Å²) in [7, 11) is 3.28. The molecule has 2 aromatic carbocycles. The number of hydrogen-bond acceptors (Lipinski definition) is 4. The minimum absolute atomic E-state index is 0.0758. The maximum absolute atomic E-state index is 12.3. The number of ether oxygens (including phenoxy) is 3. The lowest BCUT2D eigenvalue weighted by Gasteiger charge is -2.37. The first-order chi connectivity index (χ1) is 15.0. The topological polar surface area (TPSA) is 65.0 Å². The SMILES string of the molecule is COc1ccc(C[C@H]2CO[C@H](c3ccccc3)[C@@H]2C2CCCC2(C)C(=O)O)cc1OC. The van der Waals surface area contributed by atoms with Crippen LogP contribution in [0.4, 0.5) is 0 Å². The largest absolute Gasteiger partial charge is 0.493 e. The zero-order valence-electron chi connectivity index (χ0n) is 18.5. The monoisotopic (exact) mass is 424 g/mol. The average molecular weight is 425 g/mol. The molecule has 166 valence electrons. The van der Waals surface area contributed by atoms with Gasteiger partial charge in [0.1, 0.15) is 0 Å². The van der Waals surface area contributed by atoms with Crippen LogP contribution in [0.3, 0.4) is 0 Å². The van der Waals surface area contributed by atoms with Crippen LogP contribution in [0.15, 0.2) is 48.5 Å². The summed E-state index contributed by atoms with van der Waals surface area (Å²) in [6, 6.07) is 16.3. The van der Waals surface area contributed by atoms with E-state index in [1.165, 1.54) is 0 Å². The Balaban J connectivity index is 1.67. The van der Waals surface area contributed by atoms with E-state index in [9.17, 15) is 9.90 Å². The van der Waals surface area contributed by atoms with Crippen LogP contribution in [0.2, 0.25) is 0 Å². The molecule has 5 atom stereocenters. The molecular weight excluding hydrogens is 392 g/mol. The van der Waals surface area contributed by atoms with Crippen molar-refractivity contribution < 1.29 is 24.1 Å². The van der Waals surface area contributed by atoms with E-state index in [-0.39, 0.29) is 23.9 Å². The van der Waals surface area contributed by atoms with E-state index in [2.05, 4.69) is 18.2 Å². The van der Waals surface area contributed by atoms with Crippen molar-refractivity contribution >= 4 is 5.97 Å². The van der Waals surface area contributed by atoms with Gasteiger partial charge in [-0.3, -0.25) is 4.79 Å². The van der Waals surface area contributed by atoms with Crippen molar-refractivity contribution in [3.63, 3.8) is 0 Å². The van der Waals surface area contributed by atoms with Crippen molar-refractivity contribution in [1.29, 1.82) is 0 Å². The molecule has 1 saturated carbocycles. The van der Waals surface area contributed by atoms with Crippen molar-refractivity contribution in [2.45, 2.75) is 38.7 Å². The van der Waals surface area contributed by atoms with Gasteiger partial charge in [0.2, 0.25) is 0 Å². The fourth-order valence-corrected chi connectivity index (χ4v) is 5.78. The molecule has 5 nitrogen and oxygen atoms in total. The fourth-order valence-electron chi connectivity index (χ4n) is 5.78. The molecular formula is C26H32O5. The Labute approximate surface area is 184 Å². The van der Waals surface area contributed by atoms with Gasteiger partial charge in [0.15, 0.2) is 11.5 Å². The van der Waals surface area contributed by atoms with Gasteiger partial charge in [-0.1, -0.05) is 42.8 Å². The number of methoxy groups -OCH3 is 2. The molecule has 1 aliphatic heterocycles. The maximum atomic E-state index is 12.3. The summed E-state index contributed by atoms with van der Waals surface area (Å²) in [6.45, 7) is 2.56. The highest BCUT2D eigenvalue weighted by atomic mass is 16.5. The Morgan fingerprint density at radius 3 is 2.55 bits per heavy atom. The molecule has 5 heteroatoms. The summed E-state index contributed by atoms with van der Waals surface area (Å²) in [5.74, 6) is 1.22. The van der Waals surface area contributed by atoms with Crippen molar-refractivity contribution in [3.8, 4) is 11.5 Å². The van der Waals surface area contributed by atoms with Crippen molar-refractivity contribution in [3.05, 3.63) is 59.7 Å². The summed E-state index contributed by atoms with van der Waals surface area (Å²) >= 11 is 0. The van der Waals surface area contributed by atoms with Crippen LogP contribution in [0.1, 0.15) is 43.4 Å². The molecule has 2 aromatic rings. The quantitative estimate of drug-likeness (QED) is 0.667. The smallest absolute Gasteiger partial charge is 0.309 e. The average Bonchev–Trinajstić information content (AvgIpc) is 3.38. The Morgan fingerprint density at radius 1 is 1.13 bits per heavy atom. The lowest BCUT2D eigenvalue weighted by atomic mass is 9.66. The van der Waals surface area contributed by atoms with E-state index < -0.39 is 11.4 Å². The molecule has 0 aromatic heterocycles.